The third kappa shape index (κ3) is 7.49. The fraction of sp³-hybridized carbons (Fsp3) is 0.600. The minimum absolute atomic E-state index is 0.00205. The van der Waals surface area contributed by atoms with Gasteiger partial charge in [-0.3, -0.25) is 0 Å². The first-order valence-corrected chi connectivity index (χ1v) is 10.1. The predicted octanol–water partition coefficient (Wildman–Crippen LogP) is 1.66. The normalized spacial score (nSPS) is 14.5. The van der Waals surface area contributed by atoms with Gasteiger partial charge < -0.3 is 9.84 Å². The summed E-state index contributed by atoms with van der Waals surface area (Å²) in [6, 6.07) is 7.32. The molecule has 0 saturated heterocycles. The van der Waals surface area contributed by atoms with Crippen molar-refractivity contribution < 1.29 is 18.3 Å². The van der Waals surface area contributed by atoms with Crippen molar-refractivity contribution in [1.82, 2.24) is 4.72 Å². The van der Waals surface area contributed by atoms with E-state index in [4.69, 9.17) is 4.74 Å². The molecule has 0 heterocycles. The summed E-state index contributed by atoms with van der Waals surface area (Å²) in [6.07, 6.45) is 2.93. The van der Waals surface area contributed by atoms with Crippen LogP contribution in [0.3, 0.4) is 0 Å². The lowest BCUT2D eigenvalue weighted by molar-refractivity contribution is 0.0626. The number of aryl methyl sites for hydroxylation is 1. The Kier molecular flexibility index (Phi) is 7.68. The molecule has 1 atom stereocenters. The van der Waals surface area contributed by atoms with Gasteiger partial charge in [-0.25, -0.2) is 13.1 Å². The van der Waals surface area contributed by atoms with Crippen molar-refractivity contribution in [2.24, 2.45) is 0 Å². The van der Waals surface area contributed by atoms with E-state index in [0.29, 0.717) is 12.8 Å². The molecule has 0 radical (unpaired) electrons. The van der Waals surface area contributed by atoms with Crippen LogP contribution in [0.4, 0.5) is 0 Å². The number of hydrogen-bond donors (Lipinski definition) is 2. The third-order valence-corrected chi connectivity index (χ3v) is 5.27. The van der Waals surface area contributed by atoms with Crippen LogP contribution in [0.15, 0.2) is 24.3 Å². The van der Waals surface area contributed by atoms with Gasteiger partial charge in [0.1, 0.15) is 5.75 Å². The Balaban J connectivity index is 2.46. The third-order valence-electron chi connectivity index (χ3n) is 3.34. The lowest BCUT2D eigenvalue weighted by atomic mass is 10.1. The van der Waals surface area contributed by atoms with Gasteiger partial charge in [0.2, 0.25) is 10.0 Å². The zero-order chi connectivity index (χ0) is 16.6. The maximum absolute atomic E-state index is 12.0. The van der Waals surface area contributed by atoms with Crippen molar-refractivity contribution in [3.8, 4) is 5.75 Å². The minimum atomic E-state index is -3.40. The van der Waals surface area contributed by atoms with Gasteiger partial charge in [0, 0.05) is 6.54 Å². The molecular formula is C15H25NO4S2. The van der Waals surface area contributed by atoms with Crippen molar-refractivity contribution in [3.05, 3.63) is 29.8 Å². The van der Waals surface area contributed by atoms with Crippen LogP contribution in [0.5, 0.6) is 5.75 Å². The van der Waals surface area contributed by atoms with Gasteiger partial charge in [-0.2, -0.15) is 11.8 Å². The van der Waals surface area contributed by atoms with Crippen molar-refractivity contribution in [3.63, 3.8) is 0 Å². The van der Waals surface area contributed by atoms with Crippen molar-refractivity contribution >= 4 is 21.8 Å². The molecule has 0 amide bonds. The first-order chi connectivity index (χ1) is 10.3. The van der Waals surface area contributed by atoms with E-state index in [1.54, 1.807) is 25.8 Å². The van der Waals surface area contributed by atoms with Gasteiger partial charge in [-0.1, -0.05) is 12.1 Å². The number of benzene rings is 1. The molecule has 0 fully saturated rings. The molecule has 0 saturated carbocycles. The summed E-state index contributed by atoms with van der Waals surface area (Å²) in [4.78, 5) is 0. The zero-order valence-electron chi connectivity index (χ0n) is 13.3. The molecule has 7 heteroatoms. The summed E-state index contributed by atoms with van der Waals surface area (Å²) in [5.41, 5.74) is -0.0868. The molecule has 0 aromatic heterocycles. The topological polar surface area (TPSA) is 75.6 Å². The number of rotatable bonds is 10. The number of methoxy groups -OCH3 is 1. The van der Waals surface area contributed by atoms with Gasteiger partial charge in [0.15, 0.2) is 0 Å². The Hall–Kier alpha value is -0.760. The zero-order valence-corrected chi connectivity index (χ0v) is 15.0. The smallest absolute Gasteiger partial charge is 0.212 e. The average Bonchev–Trinajstić information content (AvgIpc) is 2.50. The number of ether oxygens (including phenoxy) is 1. The number of sulfonamides is 1. The highest BCUT2D eigenvalue weighted by atomic mass is 32.2. The second kappa shape index (κ2) is 8.76. The Bertz CT molecular complexity index is 541. The number of aliphatic hydroxyl groups is 1. The highest BCUT2D eigenvalue weighted by Gasteiger charge is 2.22. The second-order valence-corrected chi connectivity index (χ2v) is 8.39. The van der Waals surface area contributed by atoms with E-state index >= 15 is 0 Å². The number of thioether (sulfide) groups is 1. The Labute approximate surface area is 137 Å². The maximum Gasteiger partial charge on any atom is 0.212 e. The molecule has 1 unspecified atom stereocenters. The summed E-state index contributed by atoms with van der Waals surface area (Å²) in [7, 11) is -1.81. The summed E-state index contributed by atoms with van der Waals surface area (Å²) in [5.74, 6) is 1.54. The van der Waals surface area contributed by atoms with Crippen molar-refractivity contribution in [2.45, 2.75) is 25.4 Å². The molecule has 1 aromatic rings. The van der Waals surface area contributed by atoms with Crippen LogP contribution in [-0.4, -0.2) is 50.5 Å². The second-order valence-electron chi connectivity index (χ2n) is 5.48. The largest absolute Gasteiger partial charge is 0.497 e. The van der Waals surface area contributed by atoms with Crippen LogP contribution in [0.2, 0.25) is 0 Å². The summed E-state index contributed by atoms with van der Waals surface area (Å²) < 4.78 is 31.5. The molecule has 2 N–H and O–H groups in total. The number of hydrogen-bond acceptors (Lipinski definition) is 5. The van der Waals surface area contributed by atoms with Gasteiger partial charge >= 0.3 is 0 Å². The van der Waals surface area contributed by atoms with Crippen LogP contribution in [0.25, 0.3) is 0 Å². The lowest BCUT2D eigenvalue weighted by Crippen LogP contribution is -2.42. The monoisotopic (exact) mass is 347 g/mol. The highest BCUT2D eigenvalue weighted by molar-refractivity contribution is 7.98. The van der Waals surface area contributed by atoms with Gasteiger partial charge in [-0.15, -0.1) is 0 Å². The molecule has 0 aliphatic rings. The molecule has 22 heavy (non-hydrogen) atoms. The highest BCUT2D eigenvalue weighted by Crippen LogP contribution is 2.13. The van der Waals surface area contributed by atoms with Gasteiger partial charge in [0.25, 0.3) is 0 Å². The van der Waals surface area contributed by atoms with E-state index < -0.39 is 15.6 Å². The van der Waals surface area contributed by atoms with Gasteiger partial charge in [0.05, 0.1) is 18.5 Å². The summed E-state index contributed by atoms with van der Waals surface area (Å²) in [6.45, 7) is 1.69. The summed E-state index contributed by atoms with van der Waals surface area (Å²) >= 11 is 1.62. The average molecular weight is 348 g/mol. The Morgan fingerprint density at radius 3 is 2.50 bits per heavy atom. The van der Waals surface area contributed by atoms with Crippen LogP contribution in [0, 0.1) is 0 Å². The SMILES string of the molecule is COc1ccc(CCS(=O)(=O)NCC(C)(O)CCSC)cc1. The lowest BCUT2D eigenvalue weighted by Gasteiger charge is -2.23. The van der Waals surface area contributed by atoms with Crippen molar-refractivity contribution in [2.75, 3.05) is 31.4 Å². The quantitative estimate of drug-likeness (QED) is 0.673. The molecule has 0 aliphatic carbocycles. The molecule has 0 aliphatic heterocycles. The molecule has 5 nitrogen and oxygen atoms in total. The van der Waals surface area contributed by atoms with Crippen LogP contribution >= 0.6 is 11.8 Å². The molecule has 0 bridgehead atoms. The van der Waals surface area contributed by atoms with E-state index in [1.165, 1.54) is 0 Å². The van der Waals surface area contributed by atoms with Crippen molar-refractivity contribution in [1.29, 1.82) is 0 Å². The Morgan fingerprint density at radius 1 is 1.32 bits per heavy atom. The minimum Gasteiger partial charge on any atom is -0.497 e. The first-order valence-electron chi connectivity index (χ1n) is 7.09. The predicted molar refractivity (Wildman–Crippen MR) is 92.1 cm³/mol. The molecule has 1 aromatic carbocycles. The maximum atomic E-state index is 12.0. The fourth-order valence-corrected chi connectivity index (χ4v) is 3.62. The summed E-state index contributed by atoms with van der Waals surface area (Å²) in [5, 5.41) is 10.1. The number of nitrogens with one attached hydrogen (secondary N) is 1. The van der Waals surface area contributed by atoms with Gasteiger partial charge in [-0.05, 0) is 49.5 Å². The van der Waals surface area contributed by atoms with E-state index in [9.17, 15) is 13.5 Å². The van der Waals surface area contributed by atoms with Crippen LogP contribution in [-0.2, 0) is 16.4 Å². The van der Waals surface area contributed by atoms with E-state index in [-0.39, 0.29) is 12.3 Å². The van der Waals surface area contributed by atoms with E-state index in [1.807, 2.05) is 30.5 Å². The molecule has 1 rings (SSSR count). The molecule has 0 spiro atoms. The fourth-order valence-electron chi connectivity index (χ4n) is 1.79. The standard InChI is InChI=1S/C15H25NO4S2/c1-15(17,9-10-21-3)12-16-22(18,19)11-8-13-4-6-14(20-2)7-5-13/h4-7,16-17H,8-12H2,1-3H3. The van der Waals surface area contributed by atoms with Crippen LogP contribution in [0.1, 0.15) is 18.9 Å². The van der Waals surface area contributed by atoms with E-state index in [0.717, 1.165) is 17.1 Å². The Morgan fingerprint density at radius 2 is 1.95 bits per heavy atom. The van der Waals surface area contributed by atoms with E-state index in [2.05, 4.69) is 4.72 Å². The first kappa shape index (κ1) is 19.3. The molecular weight excluding hydrogens is 322 g/mol. The molecule has 126 valence electrons. The van der Waals surface area contributed by atoms with Crippen LogP contribution < -0.4 is 9.46 Å².